The lowest BCUT2D eigenvalue weighted by molar-refractivity contribution is -0.125. The Balaban J connectivity index is 3.62. The van der Waals surface area contributed by atoms with Crippen LogP contribution in [0.2, 0.25) is 0 Å². The van der Waals surface area contributed by atoms with E-state index in [0.717, 1.165) is 19.3 Å². The number of carbonyl (C=O) groups excluding carboxylic acids is 1. The van der Waals surface area contributed by atoms with Gasteiger partial charge in [-0.05, 0) is 25.7 Å². The van der Waals surface area contributed by atoms with Gasteiger partial charge in [0.15, 0.2) is 0 Å². The Labute approximate surface area is 92.0 Å². The second-order valence-corrected chi connectivity index (χ2v) is 3.61. The fraction of sp³-hybridized carbons (Fsp3) is 0.909. The fourth-order valence-corrected chi connectivity index (χ4v) is 1.44. The highest BCUT2D eigenvalue weighted by molar-refractivity contribution is 5.77. The molecule has 0 saturated heterocycles. The molecule has 0 aromatic rings. The van der Waals surface area contributed by atoms with Crippen molar-refractivity contribution in [3.63, 3.8) is 0 Å². The molecule has 1 unspecified atom stereocenters. The maximum atomic E-state index is 11.2. The molecule has 0 bridgehead atoms. The Morgan fingerprint density at radius 2 is 2.13 bits per heavy atom. The summed E-state index contributed by atoms with van der Waals surface area (Å²) < 4.78 is 4.99. The van der Waals surface area contributed by atoms with Crippen LogP contribution in [0.4, 0.5) is 0 Å². The summed E-state index contributed by atoms with van der Waals surface area (Å²) in [5.74, 6) is 0.307. The number of aliphatic hydroxyl groups excluding tert-OH is 1. The van der Waals surface area contributed by atoms with Crippen molar-refractivity contribution < 1.29 is 14.6 Å². The fourth-order valence-electron chi connectivity index (χ4n) is 1.44. The van der Waals surface area contributed by atoms with Crippen molar-refractivity contribution in [1.82, 2.24) is 5.32 Å². The van der Waals surface area contributed by atoms with Gasteiger partial charge in [-0.3, -0.25) is 4.79 Å². The van der Waals surface area contributed by atoms with Crippen molar-refractivity contribution in [3.05, 3.63) is 0 Å². The molecule has 0 aliphatic carbocycles. The van der Waals surface area contributed by atoms with E-state index in [0.29, 0.717) is 19.1 Å². The highest BCUT2D eigenvalue weighted by atomic mass is 16.5. The smallest absolute Gasteiger partial charge is 0.246 e. The maximum Gasteiger partial charge on any atom is 0.246 e. The maximum absolute atomic E-state index is 11.2. The van der Waals surface area contributed by atoms with Gasteiger partial charge in [0, 0.05) is 19.8 Å². The lowest BCUT2D eigenvalue weighted by Gasteiger charge is -2.15. The first-order chi connectivity index (χ1) is 7.24. The molecular formula is C11H23NO3. The molecule has 4 nitrogen and oxygen atoms in total. The Morgan fingerprint density at radius 1 is 1.40 bits per heavy atom. The van der Waals surface area contributed by atoms with Gasteiger partial charge in [0.2, 0.25) is 5.91 Å². The molecule has 15 heavy (non-hydrogen) atoms. The van der Waals surface area contributed by atoms with Crippen molar-refractivity contribution in [2.24, 2.45) is 5.92 Å². The zero-order valence-corrected chi connectivity index (χ0v) is 9.79. The normalized spacial score (nSPS) is 12.5. The summed E-state index contributed by atoms with van der Waals surface area (Å²) >= 11 is 0. The summed E-state index contributed by atoms with van der Waals surface area (Å²) in [6, 6.07) is 0. The highest BCUT2D eigenvalue weighted by Crippen LogP contribution is 2.08. The molecule has 0 aliphatic rings. The van der Waals surface area contributed by atoms with E-state index in [1.54, 1.807) is 0 Å². The molecule has 4 heteroatoms. The van der Waals surface area contributed by atoms with Crippen LogP contribution >= 0.6 is 0 Å². The first-order valence-corrected chi connectivity index (χ1v) is 5.69. The van der Waals surface area contributed by atoms with Crippen LogP contribution in [0.25, 0.3) is 0 Å². The molecule has 0 radical (unpaired) electrons. The third-order valence-corrected chi connectivity index (χ3v) is 2.26. The van der Waals surface area contributed by atoms with Crippen molar-refractivity contribution >= 4 is 5.91 Å². The van der Waals surface area contributed by atoms with Crippen molar-refractivity contribution in [2.75, 3.05) is 26.4 Å². The van der Waals surface area contributed by atoms with E-state index in [9.17, 15) is 4.79 Å². The average Bonchev–Trinajstić information content (AvgIpc) is 2.23. The molecule has 0 fully saturated rings. The summed E-state index contributed by atoms with van der Waals surface area (Å²) in [7, 11) is 0. The quantitative estimate of drug-likeness (QED) is 0.604. The number of hydrogen-bond donors (Lipinski definition) is 2. The highest BCUT2D eigenvalue weighted by Gasteiger charge is 2.08. The van der Waals surface area contributed by atoms with Crippen LogP contribution in [-0.4, -0.2) is 37.4 Å². The number of aliphatic hydroxyl groups is 1. The van der Waals surface area contributed by atoms with E-state index in [1.807, 2.05) is 6.92 Å². The summed E-state index contributed by atoms with van der Waals surface area (Å²) in [6.45, 7) is 5.48. The molecule has 0 heterocycles. The lowest BCUT2D eigenvalue weighted by atomic mass is 10.0. The lowest BCUT2D eigenvalue weighted by Crippen LogP contribution is -2.32. The Bertz CT molecular complexity index is 156. The van der Waals surface area contributed by atoms with Crippen LogP contribution in [0.3, 0.4) is 0 Å². The minimum absolute atomic E-state index is 0.0732. The SMILES string of the molecule is CCCC(CCO)CNC(=O)COCC. The van der Waals surface area contributed by atoms with E-state index < -0.39 is 0 Å². The van der Waals surface area contributed by atoms with Crippen molar-refractivity contribution in [1.29, 1.82) is 0 Å². The third-order valence-electron chi connectivity index (χ3n) is 2.26. The number of rotatable bonds is 9. The average molecular weight is 217 g/mol. The van der Waals surface area contributed by atoms with Crippen LogP contribution < -0.4 is 5.32 Å². The molecule has 0 aliphatic heterocycles. The molecule has 0 spiro atoms. The minimum Gasteiger partial charge on any atom is -0.396 e. The van der Waals surface area contributed by atoms with Crippen LogP contribution in [0, 0.1) is 5.92 Å². The molecule has 0 rings (SSSR count). The standard InChI is InChI=1S/C11H23NO3/c1-3-5-10(6-7-13)8-12-11(14)9-15-4-2/h10,13H,3-9H2,1-2H3,(H,12,14). The molecule has 90 valence electrons. The largest absolute Gasteiger partial charge is 0.396 e. The zero-order chi connectivity index (χ0) is 11.5. The van der Waals surface area contributed by atoms with Gasteiger partial charge in [0.1, 0.15) is 6.61 Å². The van der Waals surface area contributed by atoms with Crippen LogP contribution in [0.15, 0.2) is 0 Å². The molecule has 0 saturated carbocycles. The molecule has 0 aromatic carbocycles. The Kier molecular flexibility index (Phi) is 9.52. The van der Waals surface area contributed by atoms with Gasteiger partial charge >= 0.3 is 0 Å². The van der Waals surface area contributed by atoms with E-state index in [1.165, 1.54) is 0 Å². The first-order valence-electron chi connectivity index (χ1n) is 5.69. The molecular weight excluding hydrogens is 194 g/mol. The van der Waals surface area contributed by atoms with E-state index in [-0.39, 0.29) is 19.1 Å². The topological polar surface area (TPSA) is 58.6 Å². The Morgan fingerprint density at radius 3 is 2.67 bits per heavy atom. The molecule has 0 aromatic heterocycles. The zero-order valence-electron chi connectivity index (χ0n) is 9.79. The van der Waals surface area contributed by atoms with Crippen molar-refractivity contribution in [2.45, 2.75) is 33.1 Å². The molecule has 1 amide bonds. The predicted molar refractivity (Wildman–Crippen MR) is 59.6 cm³/mol. The van der Waals surface area contributed by atoms with Gasteiger partial charge in [-0.2, -0.15) is 0 Å². The summed E-state index contributed by atoms with van der Waals surface area (Å²) in [4.78, 5) is 11.2. The predicted octanol–water partition coefficient (Wildman–Crippen LogP) is 0.938. The number of ether oxygens (including phenoxy) is 1. The van der Waals surface area contributed by atoms with Crippen molar-refractivity contribution in [3.8, 4) is 0 Å². The second kappa shape index (κ2) is 9.93. The Hall–Kier alpha value is -0.610. The van der Waals surface area contributed by atoms with Crippen LogP contribution in [-0.2, 0) is 9.53 Å². The van der Waals surface area contributed by atoms with Gasteiger partial charge in [0.05, 0.1) is 0 Å². The number of amides is 1. The van der Waals surface area contributed by atoms with Crippen LogP contribution in [0.1, 0.15) is 33.1 Å². The van der Waals surface area contributed by atoms with Gasteiger partial charge < -0.3 is 15.2 Å². The van der Waals surface area contributed by atoms with Crippen LogP contribution in [0.5, 0.6) is 0 Å². The second-order valence-electron chi connectivity index (χ2n) is 3.61. The minimum atomic E-state index is -0.0732. The first kappa shape index (κ1) is 14.4. The summed E-state index contributed by atoms with van der Waals surface area (Å²) in [5.41, 5.74) is 0. The number of carbonyl (C=O) groups is 1. The molecule has 2 N–H and O–H groups in total. The molecule has 1 atom stereocenters. The number of nitrogens with one attached hydrogen (secondary N) is 1. The number of hydrogen-bond acceptors (Lipinski definition) is 3. The summed E-state index contributed by atoms with van der Waals surface area (Å²) in [5, 5.41) is 11.6. The van der Waals surface area contributed by atoms with E-state index in [2.05, 4.69) is 12.2 Å². The van der Waals surface area contributed by atoms with Gasteiger partial charge in [-0.15, -0.1) is 0 Å². The third kappa shape index (κ3) is 8.39. The van der Waals surface area contributed by atoms with Gasteiger partial charge in [0.25, 0.3) is 0 Å². The van der Waals surface area contributed by atoms with Gasteiger partial charge in [-0.1, -0.05) is 13.3 Å². The van der Waals surface area contributed by atoms with E-state index >= 15 is 0 Å². The summed E-state index contributed by atoms with van der Waals surface area (Å²) in [6.07, 6.45) is 2.87. The van der Waals surface area contributed by atoms with Gasteiger partial charge in [-0.25, -0.2) is 0 Å². The van der Waals surface area contributed by atoms with E-state index in [4.69, 9.17) is 9.84 Å². The monoisotopic (exact) mass is 217 g/mol.